The zero-order valence-electron chi connectivity index (χ0n) is 9.16. The van der Waals surface area contributed by atoms with E-state index in [9.17, 15) is 4.79 Å². The molecule has 0 spiro atoms. The first kappa shape index (κ1) is 13.3. The second-order valence-corrected chi connectivity index (χ2v) is 4.87. The second-order valence-electron chi connectivity index (χ2n) is 3.69. The molecule has 1 heterocycles. The van der Waals surface area contributed by atoms with Crippen LogP contribution in [-0.4, -0.2) is 10.8 Å². The van der Waals surface area contributed by atoms with Gasteiger partial charge in [0.25, 0.3) is 0 Å². The average Bonchev–Trinajstić information content (AvgIpc) is 2.33. The Balaban J connectivity index is 2.18. The number of hydrogen-bond acceptors (Lipinski definition) is 2. The van der Waals surface area contributed by atoms with Crippen molar-refractivity contribution in [3.05, 3.63) is 62.9 Å². The summed E-state index contributed by atoms with van der Waals surface area (Å²) >= 11 is 17.4. The molecule has 0 N–H and O–H groups in total. The molecule has 0 saturated heterocycles. The lowest BCUT2D eigenvalue weighted by Crippen LogP contribution is -2.04. The summed E-state index contributed by atoms with van der Waals surface area (Å²) in [7, 11) is 0. The summed E-state index contributed by atoms with van der Waals surface area (Å²) in [6, 6.07) is 10.0. The molecule has 5 heteroatoms. The molecule has 0 bridgehead atoms. The minimum absolute atomic E-state index is 0.0438. The normalized spacial score (nSPS) is 10.4. The van der Waals surface area contributed by atoms with Crippen LogP contribution in [0.5, 0.6) is 0 Å². The Morgan fingerprint density at radius 1 is 1.00 bits per heavy atom. The fourth-order valence-electron chi connectivity index (χ4n) is 1.48. The van der Waals surface area contributed by atoms with Crippen LogP contribution in [0.25, 0.3) is 0 Å². The maximum absolute atomic E-state index is 12.0. The van der Waals surface area contributed by atoms with E-state index in [4.69, 9.17) is 34.8 Å². The number of pyridine rings is 1. The average molecular weight is 301 g/mol. The minimum Gasteiger partial charge on any atom is -0.294 e. The van der Waals surface area contributed by atoms with Gasteiger partial charge in [0.15, 0.2) is 5.78 Å². The summed E-state index contributed by atoms with van der Waals surface area (Å²) in [6.45, 7) is 0. The number of carbonyl (C=O) groups is 1. The Hall–Kier alpha value is -1.09. The van der Waals surface area contributed by atoms with Gasteiger partial charge in [0.2, 0.25) is 0 Å². The molecular formula is C13H8Cl3NO. The van der Waals surface area contributed by atoms with Crippen LogP contribution < -0.4 is 0 Å². The van der Waals surface area contributed by atoms with Crippen LogP contribution >= 0.6 is 34.8 Å². The molecule has 0 aliphatic carbocycles. The van der Waals surface area contributed by atoms with E-state index in [0.29, 0.717) is 21.3 Å². The molecule has 1 aromatic carbocycles. The zero-order chi connectivity index (χ0) is 13.1. The highest BCUT2D eigenvalue weighted by Crippen LogP contribution is 2.19. The topological polar surface area (TPSA) is 30.0 Å². The van der Waals surface area contributed by atoms with Gasteiger partial charge in [0.05, 0.1) is 0 Å². The Kier molecular flexibility index (Phi) is 4.23. The number of rotatable bonds is 3. The van der Waals surface area contributed by atoms with E-state index in [1.807, 2.05) is 0 Å². The van der Waals surface area contributed by atoms with Crippen molar-refractivity contribution in [2.75, 3.05) is 0 Å². The lowest BCUT2D eigenvalue weighted by atomic mass is 10.0. The first-order valence-electron chi connectivity index (χ1n) is 5.16. The maximum Gasteiger partial charge on any atom is 0.167 e. The lowest BCUT2D eigenvalue weighted by molar-refractivity contribution is 0.0993. The predicted octanol–water partition coefficient (Wildman–Crippen LogP) is 4.47. The van der Waals surface area contributed by atoms with Crippen LogP contribution in [0.15, 0.2) is 36.4 Å². The molecule has 0 unspecified atom stereocenters. The quantitative estimate of drug-likeness (QED) is 0.618. The first-order chi connectivity index (χ1) is 8.56. The van der Waals surface area contributed by atoms with E-state index < -0.39 is 0 Å². The highest BCUT2D eigenvalue weighted by atomic mass is 35.5. The van der Waals surface area contributed by atoms with Gasteiger partial charge in [-0.25, -0.2) is 4.98 Å². The summed E-state index contributed by atoms with van der Waals surface area (Å²) in [5.41, 5.74) is 1.24. The smallest absolute Gasteiger partial charge is 0.167 e. The third-order valence-electron chi connectivity index (χ3n) is 2.41. The molecule has 2 aromatic rings. The first-order valence-corrected chi connectivity index (χ1v) is 6.29. The van der Waals surface area contributed by atoms with E-state index >= 15 is 0 Å². The van der Waals surface area contributed by atoms with Gasteiger partial charge in [-0.2, -0.15) is 0 Å². The van der Waals surface area contributed by atoms with E-state index in [2.05, 4.69) is 4.98 Å². The number of carbonyl (C=O) groups excluding carboxylic acids is 1. The molecular weight excluding hydrogens is 293 g/mol. The Morgan fingerprint density at radius 2 is 1.67 bits per heavy atom. The minimum atomic E-state index is -0.0438. The molecule has 0 atom stereocenters. The lowest BCUT2D eigenvalue weighted by Gasteiger charge is -2.04. The molecule has 0 aliphatic heterocycles. The number of nitrogens with zero attached hydrogens (tertiary/aromatic N) is 1. The van der Waals surface area contributed by atoms with E-state index in [1.165, 1.54) is 0 Å². The number of ketones is 1. The molecule has 0 fully saturated rings. The molecule has 0 aliphatic rings. The molecule has 2 rings (SSSR count). The Bertz CT molecular complexity index is 581. The summed E-state index contributed by atoms with van der Waals surface area (Å²) in [5.74, 6) is -0.0438. The van der Waals surface area contributed by atoms with Crippen LogP contribution in [0, 0.1) is 0 Å². The number of Topliss-reactive ketones (excluding diaryl/α,β-unsaturated/α-hetero) is 1. The van der Waals surface area contributed by atoms with E-state index in [-0.39, 0.29) is 17.4 Å². The summed E-state index contributed by atoms with van der Waals surface area (Å²) in [6.07, 6.45) is 0.185. The van der Waals surface area contributed by atoms with Crippen LogP contribution in [0.3, 0.4) is 0 Å². The summed E-state index contributed by atoms with van der Waals surface area (Å²) in [5, 5.41) is 1.16. The number of benzene rings is 1. The molecule has 1 aromatic heterocycles. The van der Waals surface area contributed by atoms with Crippen molar-refractivity contribution >= 4 is 40.6 Å². The zero-order valence-corrected chi connectivity index (χ0v) is 11.4. The maximum atomic E-state index is 12.0. The molecule has 0 radical (unpaired) electrons. The molecule has 18 heavy (non-hydrogen) atoms. The van der Waals surface area contributed by atoms with Crippen LogP contribution in [0.2, 0.25) is 15.3 Å². The van der Waals surface area contributed by atoms with Gasteiger partial charge < -0.3 is 0 Å². The Labute approximate surface area is 120 Å². The third-order valence-corrected chi connectivity index (χ3v) is 3.20. The molecule has 0 amide bonds. The van der Waals surface area contributed by atoms with E-state index in [1.54, 1.807) is 36.4 Å². The number of hydrogen-bond donors (Lipinski definition) is 0. The van der Waals surface area contributed by atoms with Crippen molar-refractivity contribution in [2.45, 2.75) is 6.42 Å². The molecule has 0 saturated carbocycles. The third kappa shape index (κ3) is 3.22. The highest BCUT2D eigenvalue weighted by Gasteiger charge is 2.10. The van der Waals surface area contributed by atoms with Crippen molar-refractivity contribution in [2.24, 2.45) is 0 Å². The van der Waals surface area contributed by atoms with Crippen molar-refractivity contribution in [1.82, 2.24) is 4.98 Å². The van der Waals surface area contributed by atoms with Gasteiger partial charge in [0.1, 0.15) is 10.3 Å². The monoisotopic (exact) mass is 299 g/mol. The van der Waals surface area contributed by atoms with Crippen LogP contribution in [-0.2, 0) is 6.42 Å². The van der Waals surface area contributed by atoms with Gasteiger partial charge in [-0.1, -0.05) is 40.9 Å². The second kappa shape index (κ2) is 5.70. The van der Waals surface area contributed by atoms with Crippen molar-refractivity contribution < 1.29 is 4.79 Å². The fraction of sp³-hybridized carbons (Fsp3) is 0.0769. The van der Waals surface area contributed by atoms with Crippen molar-refractivity contribution in [3.63, 3.8) is 0 Å². The predicted molar refractivity (Wildman–Crippen MR) is 73.7 cm³/mol. The summed E-state index contributed by atoms with van der Waals surface area (Å²) in [4.78, 5) is 15.9. The van der Waals surface area contributed by atoms with Crippen LogP contribution in [0.1, 0.15) is 15.9 Å². The standard InChI is InChI=1S/C13H8Cl3NO/c14-10-4-1-8(2-5-10)11(18)7-9-3-6-12(15)17-13(9)16/h1-6H,7H2. The molecule has 2 nitrogen and oxygen atoms in total. The van der Waals surface area contributed by atoms with Crippen molar-refractivity contribution in [3.8, 4) is 0 Å². The fourth-order valence-corrected chi connectivity index (χ4v) is 2.02. The van der Waals surface area contributed by atoms with Gasteiger partial charge in [-0.3, -0.25) is 4.79 Å². The van der Waals surface area contributed by atoms with Gasteiger partial charge in [-0.05, 0) is 35.9 Å². The Morgan fingerprint density at radius 3 is 2.28 bits per heavy atom. The number of aromatic nitrogens is 1. The van der Waals surface area contributed by atoms with Gasteiger partial charge in [0, 0.05) is 17.0 Å². The summed E-state index contributed by atoms with van der Waals surface area (Å²) < 4.78 is 0. The van der Waals surface area contributed by atoms with Gasteiger partial charge in [-0.15, -0.1) is 0 Å². The van der Waals surface area contributed by atoms with Crippen LogP contribution in [0.4, 0.5) is 0 Å². The largest absolute Gasteiger partial charge is 0.294 e. The van der Waals surface area contributed by atoms with Gasteiger partial charge >= 0.3 is 0 Å². The van der Waals surface area contributed by atoms with E-state index in [0.717, 1.165) is 0 Å². The number of halogens is 3. The highest BCUT2D eigenvalue weighted by molar-refractivity contribution is 6.33. The van der Waals surface area contributed by atoms with Crippen molar-refractivity contribution in [1.29, 1.82) is 0 Å². The SMILES string of the molecule is O=C(Cc1ccc(Cl)nc1Cl)c1ccc(Cl)cc1. The molecule has 92 valence electrons.